The zero-order chi connectivity index (χ0) is 15.2. The molecule has 2 aromatic carbocycles. The second-order valence-corrected chi connectivity index (χ2v) is 6.57. The maximum absolute atomic E-state index is 10.8. The zero-order valence-corrected chi connectivity index (χ0v) is 13.4. The lowest BCUT2D eigenvalue weighted by molar-refractivity contribution is -0.0532. The van der Waals surface area contributed by atoms with Gasteiger partial charge in [0, 0.05) is 17.6 Å². The third-order valence-corrected chi connectivity index (χ3v) is 5.06. The lowest BCUT2D eigenvalue weighted by Crippen LogP contribution is -2.40. The van der Waals surface area contributed by atoms with Crippen molar-refractivity contribution in [1.29, 1.82) is 0 Å². The van der Waals surface area contributed by atoms with E-state index in [2.05, 4.69) is 36.9 Å². The molecule has 0 saturated heterocycles. The SMILES string of the molecule is Cc1ccc2c(c1Cl)C(O)N(C(C)(C)c1ccccc1)C2. The van der Waals surface area contributed by atoms with E-state index in [1.54, 1.807) is 0 Å². The molecule has 2 aromatic rings. The molecule has 0 saturated carbocycles. The first-order valence-electron chi connectivity index (χ1n) is 7.21. The van der Waals surface area contributed by atoms with Gasteiger partial charge in [-0.3, -0.25) is 4.90 Å². The summed E-state index contributed by atoms with van der Waals surface area (Å²) >= 11 is 6.41. The van der Waals surface area contributed by atoms with Crippen molar-refractivity contribution in [3.63, 3.8) is 0 Å². The average molecular weight is 302 g/mol. The number of aliphatic hydroxyl groups is 1. The number of fused-ring (bicyclic) bond motifs is 1. The van der Waals surface area contributed by atoms with E-state index in [0.29, 0.717) is 11.6 Å². The van der Waals surface area contributed by atoms with Crippen molar-refractivity contribution in [2.75, 3.05) is 0 Å². The highest BCUT2D eigenvalue weighted by Gasteiger charge is 2.40. The standard InChI is InChI=1S/C18H20ClNO/c1-12-9-10-13-11-20(17(21)15(13)16(12)19)18(2,3)14-7-5-4-6-8-14/h4-10,17,21H,11H2,1-3H3. The summed E-state index contributed by atoms with van der Waals surface area (Å²) in [6.45, 7) is 6.95. The molecule has 1 heterocycles. The van der Waals surface area contributed by atoms with Gasteiger partial charge in [0.25, 0.3) is 0 Å². The number of aliphatic hydroxyl groups excluding tert-OH is 1. The normalized spacial score (nSPS) is 18.8. The van der Waals surface area contributed by atoms with Crippen molar-refractivity contribution in [3.05, 3.63) is 69.7 Å². The number of benzene rings is 2. The van der Waals surface area contributed by atoms with Crippen molar-refractivity contribution >= 4 is 11.6 Å². The van der Waals surface area contributed by atoms with Gasteiger partial charge in [0.1, 0.15) is 6.23 Å². The second kappa shape index (κ2) is 5.13. The summed E-state index contributed by atoms with van der Waals surface area (Å²) in [6, 6.07) is 14.4. The summed E-state index contributed by atoms with van der Waals surface area (Å²) in [5.41, 5.74) is 3.90. The van der Waals surface area contributed by atoms with Crippen LogP contribution in [-0.4, -0.2) is 10.0 Å². The number of hydrogen-bond acceptors (Lipinski definition) is 2. The molecule has 110 valence electrons. The summed E-state index contributed by atoms with van der Waals surface area (Å²) in [5, 5.41) is 11.5. The van der Waals surface area contributed by atoms with Crippen molar-refractivity contribution < 1.29 is 5.11 Å². The smallest absolute Gasteiger partial charge is 0.136 e. The Balaban J connectivity index is 2.02. The number of hydrogen-bond donors (Lipinski definition) is 1. The van der Waals surface area contributed by atoms with Crippen molar-refractivity contribution in [3.8, 4) is 0 Å². The molecule has 1 N–H and O–H groups in total. The molecule has 3 heteroatoms. The Hall–Kier alpha value is -1.35. The zero-order valence-electron chi connectivity index (χ0n) is 12.6. The van der Waals surface area contributed by atoms with E-state index in [1.807, 2.05) is 31.2 Å². The fraction of sp³-hybridized carbons (Fsp3) is 0.333. The molecule has 2 nitrogen and oxygen atoms in total. The molecule has 1 aliphatic heterocycles. The summed E-state index contributed by atoms with van der Waals surface area (Å²) in [7, 11) is 0. The Morgan fingerprint density at radius 1 is 1.14 bits per heavy atom. The van der Waals surface area contributed by atoms with Crippen LogP contribution < -0.4 is 0 Å². The minimum absolute atomic E-state index is 0.267. The first kappa shape index (κ1) is 14.6. The summed E-state index contributed by atoms with van der Waals surface area (Å²) in [5.74, 6) is 0. The van der Waals surface area contributed by atoms with Crippen molar-refractivity contribution in [2.45, 2.75) is 39.1 Å². The summed E-state index contributed by atoms with van der Waals surface area (Å²) in [6.07, 6.45) is -0.664. The predicted molar refractivity (Wildman–Crippen MR) is 86.2 cm³/mol. The molecule has 0 fully saturated rings. The van der Waals surface area contributed by atoms with Crippen LogP contribution >= 0.6 is 11.6 Å². The van der Waals surface area contributed by atoms with Crippen LogP contribution in [0.15, 0.2) is 42.5 Å². The topological polar surface area (TPSA) is 23.5 Å². The van der Waals surface area contributed by atoms with E-state index in [0.717, 1.165) is 16.7 Å². The summed E-state index contributed by atoms with van der Waals surface area (Å²) in [4.78, 5) is 2.10. The Morgan fingerprint density at radius 2 is 1.81 bits per heavy atom. The molecule has 0 aliphatic carbocycles. The first-order valence-corrected chi connectivity index (χ1v) is 7.59. The molecule has 0 amide bonds. The Bertz CT molecular complexity index is 666. The minimum Gasteiger partial charge on any atom is -0.374 e. The van der Waals surface area contributed by atoms with Gasteiger partial charge in [-0.2, -0.15) is 0 Å². The van der Waals surface area contributed by atoms with E-state index in [1.165, 1.54) is 5.56 Å². The van der Waals surface area contributed by atoms with Gasteiger partial charge >= 0.3 is 0 Å². The van der Waals surface area contributed by atoms with Gasteiger partial charge in [-0.1, -0.05) is 54.1 Å². The molecule has 21 heavy (non-hydrogen) atoms. The maximum Gasteiger partial charge on any atom is 0.136 e. The molecule has 1 atom stereocenters. The van der Waals surface area contributed by atoms with Crippen LogP contribution in [-0.2, 0) is 12.1 Å². The van der Waals surface area contributed by atoms with E-state index in [-0.39, 0.29) is 5.54 Å². The molecular weight excluding hydrogens is 282 g/mol. The molecule has 0 radical (unpaired) electrons. The van der Waals surface area contributed by atoms with Crippen molar-refractivity contribution in [1.82, 2.24) is 4.90 Å². The fourth-order valence-corrected chi connectivity index (χ4v) is 3.38. The molecule has 0 aromatic heterocycles. The van der Waals surface area contributed by atoms with Gasteiger partial charge in [-0.15, -0.1) is 0 Å². The summed E-state index contributed by atoms with van der Waals surface area (Å²) < 4.78 is 0. The molecule has 1 unspecified atom stereocenters. The van der Waals surface area contributed by atoms with Crippen LogP contribution in [0.2, 0.25) is 5.02 Å². The van der Waals surface area contributed by atoms with Gasteiger partial charge in [-0.05, 0) is 37.5 Å². The van der Waals surface area contributed by atoms with Crippen molar-refractivity contribution in [2.24, 2.45) is 0 Å². The third-order valence-electron chi connectivity index (χ3n) is 4.56. The van der Waals surface area contributed by atoms with Gasteiger partial charge in [0.15, 0.2) is 0 Å². The number of rotatable bonds is 2. The van der Waals surface area contributed by atoms with E-state index >= 15 is 0 Å². The quantitative estimate of drug-likeness (QED) is 0.889. The average Bonchev–Trinajstić information content (AvgIpc) is 2.82. The Labute approximate surface area is 131 Å². The maximum atomic E-state index is 10.8. The van der Waals surface area contributed by atoms with Crippen LogP contribution in [0.3, 0.4) is 0 Å². The van der Waals surface area contributed by atoms with Gasteiger partial charge in [0.05, 0.1) is 5.02 Å². The predicted octanol–water partition coefficient (Wildman–Crippen LogP) is 4.39. The second-order valence-electron chi connectivity index (χ2n) is 6.20. The molecule has 0 spiro atoms. The number of halogens is 1. The monoisotopic (exact) mass is 301 g/mol. The number of nitrogens with zero attached hydrogens (tertiary/aromatic N) is 1. The van der Waals surface area contributed by atoms with Crippen LogP contribution in [0.4, 0.5) is 0 Å². The van der Waals surface area contributed by atoms with Gasteiger partial charge < -0.3 is 5.11 Å². The van der Waals surface area contributed by atoms with Crippen LogP contribution in [0.5, 0.6) is 0 Å². The Morgan fingerprint density at radius 3 is 2.48 bits per heavy atom. The van der Waals surface area contributed by atoms with Gasteiger partial charge in [0.2, 0.25) is 0 Å². The first-order chi connectivity index (χ1) is 9.93. The largest absolute Gasteiger partial charge is 0.374 e. The molecule has 0 bridgehead atoms. The fourth-order valence-electron chi connectivity index (χ4n) is 3.10. The van der Waals surface area contributed by atoms with E-state index in [4.69, 9.17) is 11.6 Å². The molecular formula is C18H20ClNO. The minimum atomic E-state index is -0.664. The van der Waals surface area contributed by atoms with Crippen LogP contribution in [0, 0.1) is 6.92 Å². The highest BCUT2D eigenvalue weighted by Crippen LogP contribution is 2.44. The number of aryl methyl sites for hydroxylation is 1. The Kier molecular flexibility index (Phi) is 3.56. The highest BCUT2D eigenvalue weighted by molar-refractivity contribution is 6.32. The van der Waals surface area contributed by atoms with E-state index in [9.17, 15) is 5.11 Å². The van der Waals surface area contributed by atoms with Crippen LogP contribution in [0.25, 0.3) is 0 Å². The third kappa shape index (κ3) is 2.28. The van der Waals surface area contributed by atoms with Gasteiger partial charge in [-0.25, -0.2) is 0 Å². The lowest BCUT2D eigenvalue weighted by Gasteiger charge is -2.38. The van der Waals surface area contributed by atoms with Crippen LogP contribution in [0.1, 0.15) is 42.3 Å². The molecule has 3 rings (SSSR count). The highest BCUT2D eigenvalue weighted by atomic mass is 35.5. The van der Waals surface area contributed by atoms with E-state index < -0.39 is 6.23 Å². The molecule has 1 aliphatic rings. The lowest BCUT2D eigenvalue weighted by atomic mass is 9.92.